The fraction of sp³-hybridized carbons (Fsp3) is 0.412. The second kappa shape index (κ2) is 7.35. The van der Waals surface area contributed by atoms with Crippen LogP contribution in [-0.2, 0) is 0 Å². The lowest BCUT2D eigenvalue weighted by Crippen LogP contribution is -2.35. The fourth-order valence-corrected chi connectivity index (χ4v) is 2.95. The number of carboxylic acid groups (broad SMARTS) is 1. The first kappa shape index (κ1) is 16.3. The van der Waals surface area contributed by atoms with Crippen molar-refractivity contribution < 1.29 is 15.0 Å². The van der Waals surface area contributed by atoms with E-state index in [1.54, 1.807) is 12.3 Å². The average Bonchev–Trinajstić information content (AvgIpc) is 2.63. The molecule has 0 unspecified atom stereocenters. The van der Waals surface area contributed by atoms with Crippen LogP contribution in [0.25, 0.3) is 11.4 Å². The molecule has 1 aliphatic heterocycles. The molecule has 7 heteroatoms. The van der Waals surface area contributed by atoms with Crippen LogP contribution in [0.3, 0.4) is 0 Å². The van der Waals surface area contributed by atoms with E-state index < -0.39 is 5.97 Å². The second-order valence-corrected chi connectivity index (χ2v) is 5.92. The van der Waals surface area contributed by atoms with Gasteiger partial charge in [-0.15, -0.1) is 0 Å². The molecule has 2 N–H and O–H groups in total. The SMILES string of the molecule is O=C(O)c1ccnc(-c2ccnc(N3CCC(CCO)CC3)n2)c1. The summed E-state index contributed by atoms with van der Waals surface area (Å²) in [6, 6.07) is 4.71. The third kappa shape index (κ3) is 3.68. The molecular weight excluding hydrogens is 308 g/mol. The second-order valence-electron chi connectivity index (χ2n) is 5.92. The quantitative estimate of drug-likeness (QED) is 0.864. The lowest BCUT2D eigenvalue weighted by Gasteiger charge is -2.31. The Bertz CT molecular complexity index is 714. The topological polar surface area (TPSA) is 99.4 Å². The molecule has 0 radical (unpaired) electrons. The molecule has 1 fully saturated rings. The molecule has 0 aromatic carbocycles. The smallest absolute Gasteiger partial charge is 0.335 e. The number of aliphatic hydroxyl groups excluding tert-OH is 1. The van der Waals surface area contributed by atoms with Crippen LogP contribution < -0.4 is 4.90 Å². The highest BCUT2D eigenvalue weighted by atomic mass is 16.4. The zero-order valence-corrected chi connectivity index (χ0v) is 13.3. The molecule has 24 heavy (non-hydrogen) atoms. The van der Waals surface area contributed by atoms with Gasteiger partial charge in [0.15, 0.2) is 0 Å². The molecule has 2 aromatic heterocycles. The zero-order chi connectivity index (χ0) is 16.9. The van der Waals surface area contributed by atoms with E-state index in [-0.39, 0.29) is 12.2 Å². The number of carboxylic acids is 1. The number of piperidine rings is 1. The maximum atomic E-state index is 11.1. The number of carbonyl (C=O) groups is 1. The summed E-state index contributed by atoms with van der Waals surface area (Å²) in [5, 5.41) is 18.1. The van der Waals surface area contributed by atoms with Crippen molar-refractivity contribution in [3.8, 4) is 11.4 Å². The van der Waals surface area contributed by atoms with E-state index in [0.29, 0.717) is 23.3 Å². The predicted octanol–water partition coefficient (Wildman–Crippen LogP) is 1.84. The first-order chi connectivity index (χ1) is 11.7. The van der Waals surface area contributed by atoms with Crippen LogP contribution in [0, 0.1) is 5.92 Å². The summed E-state index contributed by atoms with van der Waals surface area (Å²) in [4.78, 5) is 26.3. The zero-order valence-electron chi connectivity index (χ0n) is 13.3. The highest BCUT2D eigenvalue weighted by molar-refractivity contribution is 5.88. The number of hydrogen-bond acceptors (Lipinski definition) is 6. The number of anilines is 1. The molecule has 7 nitrogen and oxygen atoms in total. The Balaban J connectivity index is 1.78. The van der Waals surface area contributed by atoms with E-state index >= 15 is 0 Å². The fourth-order valence-electron chi connectivity index (χ4n) is 2.95. The van der Waals surface area contributed by atoms with Gasteiger partial charge < -0.3 is 15.1 Å². The van der Waals surface area contributed by atoms with E-state index in [2.05, 4.69) is 19.9 Å². The van der Waals surface area contributed by atoms with Gasteiger partial charge in [0.05, 0.1) is 17.0 Å². The van der Waals surface area contributed by atoms with Crippen molar-refractivity contribution in [2.45, 2.75) is 19.3 Å². The number of nitrogens with zero attached hydrogens (tertiary/aromatic N) is 4. The molecule has 0 aliphatic carbocycles. The number of pyridine rings is 1. The van der Waals surface area contributed by atoms with E-state index in [1.165, 1.54) is 18.3 Å². The van der Waals surface area contributed by atoms with Crippen LogP contribution in [0.2, 0.25) is 0 Å². The van der Waals surface area contributed by atoms with Gasteiger partial charge in [0.1, 0.15) is 0 Å². The number of hydrogen-bond donors (Lipinski definition) is 2. The summed E-state index contributed by atoms with van der Waals surface area (Å²) in [6.07, 6.45) is 6.02. The summed E-state index contributed by atoms with van der Waals surface area (Å²) in [7, 11) is 0. The highest BCUT2D eigenvalue weighted by Crippen LogP contribution is 2.24. The van der Waals surface area contributed by atoms with E-state index in [9.17, 15) is 4.79 Å². The molecule has 0 bridgehead atoms. The molecule has 1 saturated heterocycles. The predicted molar refractivity (Wildman–Crippen MR) is 88.9 cm³/mol. The van der Waals surface area contributed by atoms with Gasteiger partial charge in [-0.3, -0.25) is 4.98 Å². The van der Waals surface area contributed by atoms with Crippen LogP contribution in [0.5, 0.6) is 0 Å². The summed E-state index contributed by atoms with van der Waals surface area (Å²) in [5.41, 5.74) is 1.32. The molecule has 3 heterocycles. The minimum absolute atomic E-state index is 0.185. The van der Waals surface area contributed by atoms with Gasteiger partial charge in [0, 0.05) is 32.1 Å². The van der Waals surface area contributed by atoms with E-state index in [0.717, 1.165) is 32.4 Å². The summed E-state index contributed by atoms with van der Waals surface area (Å²) in [6.45, 7) is 1.95. The Morgan fingerprint density at radius 2 is 1.92 bits per heavy atom. The first-order valence-corrected chi connectivity index (χ1v) is 8.06. The number of aromatic nitrogens is 3. The summed E-state index contributed by atoms with van der Waals surface area (Å²) >= 11 is 0. The molecule has 0 atom stereocenters. The minimum atomic E-state index is -0.987. The van der Waals surface area contributed by atoms with Crippen molar-refractivity contribution in [2.75, 3.05) is 24.6 Å². The lowest BCUT2D eigenvalue weighted by molar-refractivity contribution is 0.0697. The van der Waals surface area contributed by atoms with Gasteiger partial charge >= 0.3 is 5.97 Å². The van der Waals surface area contributed by atoms with Crippen LogP contribution in [0.1, 0.15) is 29.6 Å². The Kier molecular flexibility index (Phi) is 5.00. The third-order valence-electron chi connectivity index (χ3n) is 4.35. The van der Waals surface area contributed by atoms with Crippen molar-refractivity contribution in [2.24, 2.45) is 5.92 Å². The molecule has 2 aromatic rings. The first-order valence-electron chi connectivity index (χ1n) is 8.06. The third-order valence-corrected chi connectivity index (χ3v) is 4.35. The van der Waals surface area contributed by atoms with Gasteiger partial charge in [-0.1, -0.05) is 0 Å². The van der Waals surface area contributed by atoms with Gasteiger partial charge in [0.2, 0.25) is 5.95 Å². The van der Waals surface area contributed by atoms with Crippen molar-refractivity contribution in [1.29, 1.82) is 0 Å². The number of aliphatic hydroxyl groups is 1. The van der Waals surface area contributed by atoms with E-state index in [4.69, 9.17) is 10.2 Å². The number of aromatic carboxylic acids is 1. The van der Waals surface area contributed by atoms with E-state index in [1.807, 2.05) is 0 Å². The lowest BCUT2D eigenvalue weighted by atomic mass is 9.94. The molecule has 0 amide bonds. The molecule has 3 rings (SSSR count). The monoisotopic (exact) mass is 328 g/mol. The van der Waals surface area contributed by atoms with Gasteiger partial charge in [-0.05, 0) is 43.4 Å². The van der Waals surface area contributed by atoms with Gasteiger partial charge in [-0.25, -0.2) is 14.8 Å². The Labute approximate surface area is 140 Å². The van der Waals surface area contributed by atoms with Gasteiger partial charge in [0.25, 0.3) is 0 Å². The summed E-state index contributed by atoms with van der Waals surface area (Å²) < 4.78 is 0. The van der Waals surface area contributed by atoms with Crippen LogP contribution in [-0.4, -0.2) is 50.8 Å². The standard InChI is InChI=1S/C17H20N4O3/c22-10-5-12-3-8-21(9-4-12)17-19-7-2-14(20-17)15-11-13(16(23)24)1-6-18-15/h1-2,6-7,11-12,22H,3-5,8-10H2,(H,23,24). The Morgan fingerprint density at radius 3 is 2.62 bits per heavy atom. The molecule has 0 saturated carbocycles. The van der Waals surface area contributed by atoms with Gasteiger partial charge in [-0.2, -0.15) is 0 Å². The Hall–Kier alpha value is -2.54. The molecule has 126 valence electrons. The van der Waals surface area contributed by atoms with Crippen molar-refractivity contribution >= 4 is 11.9 Å². The van der Waals surface area contributed by atoms with Crippen molar-refractivity contribution in [3.05, 3.63) is 36.2 Å². The molecule has 0 spiro atoms. The largest absolute Gasteiger partial charge is 0.478 e. The molecular formula is C17H20N4O3. The highest BCUT2D eigenvalue weighted by Gasteiger charge is 2.21. The van der Waals surface area contributed by atoms with Crippen molar-refractivity contribution in [1.82, 2.24) is 15.0 Å². The van der Waals surface area contributed by atoms with Crippen LogP contribution in [0.15, 0.2) is 30.6 Å². The summed E-state index contributed by atoms with van der Waals surface area (Å²) in [5.74, 6) is 0.208. The van der Waals surface area contributed by atoms with Crippen LogP contribution in [0.4, 0.5) is 5.95 Å². The average molecular weight is 328 g/mol. The maximum absolute atomic E-state index is 11.1. The Morgan fingerprint density at radius 1 is 1.17 bits per heavy atom. The maximum Gasteiger partial charge on any atom is 0.335 e. The van der Waals surface area contributed by atoms with Crippen LogP contribution >= 0.6 is 0 Å². The minimum Gasteiger partial charge on any atom is -0.478 e. The van der Waals surface area contributed by atoms with Crippen molar-refractivity contribution in [3.63, 3.8) is 0 Å². The molecule has 1 aliphatic rings. The normalized spacial score (nSPS) is 15.5. The number of rotatable bonds is 5.